The number of likely N-dealkylation sites (N-methyl/N-ethyl adjacent to an activating group) is 1. The molecule has 112 valence electrons. The minimum atomic E-state index is -0.282. The highest BCUT2D eigenvalue weighted by Gasteiger charge is 2.25. The molecule has 0 radical (unpaired) electrons. The van der Waals surface area contributed by atoms with Gasteiger partial charge in [-0.3, -0.25) is 14.5 Å². The third-order valence-electron chi connectivity index (χ3n) is 3.22. The fraction of sp³-hybridized carbons (Fsp3) is 0.769. The fourth-order valence-electron chi connectivity index (χ4n) is 1.98. The van der Waals surface area contributed by atoms with Crippen molar-refractivity contribution in [3.63, 3.8) is 0 Å². The first-order valence-corrected chi connectivity index (χ1v) is 6.93. The lowest BCUT2D eigenvalue weighted by atomic mass is 10.2. The summed E-state index contributed by atoms with van der Waals surface area (Å²) in [4.78, 5) is 26.9. The molecule has 1 fully saturated rings. The van der Waals surface area contributed by atoms with Crippen molar-refractivity contribution in [2.45, 2.75) is 19.4 Å². The van der Waals surface area contributed by atoms with E-state index in [0.29, 0.717) is 19.6 Å². The lowest BCUT2D eigenvalue weighted by molar-refractivity contribution is -0.136. The molecule has 1 heterocycles. The van der Waals surface area contributed by atoms with Gasteiger partial charge in [-0.15, -0.1) is 0 Å². The standard InChI is InChI=1S/C13H23N5O2/c1-3-4-16-12(19)9-17(2)13(20)10-18-6-5-15-8-11(18)7-14/h11,15H,3-6,8-10H2,1-2H3,(H,16,19). The summed E-state index contributed by atoms with van der Waals surface area (Å²) in [6, 6.07) is 1.90. The van der Waals surface area contributed by atoms with Gasteiger partial charge in [-0.05, 0) is 6.42 Å². The molecule has 1 unspecified atom stereocenters. The van der Waals surface area contributed by atoms with Crippen molar-refractivity contribution in [3.05, 3.63) is 0 Å². The molecule has 0 spiro atoms. The molecule has 0 bridgehead atoms. The maximum atomic E-state index is 12.1. The van der Waals surface area contributed by atoms with Crippen LogP contribution in [-0.2, 0) is 9.59 Å². The van der Waals surface area contributed by atoms with Crippen molar-refractivity contribution in [3.8, 4) is 6.07 Å². The van der Waals surface area contributed by atoms with Crippen molar-refractivity contribution >= 4 is 11.8 Å². The zero-order valence-corrected chi connectivity index (χ0v) is 12.2. The first-order valence-electron chi connectivity index (χ1n) is 6.93. The van der Waals surface area contributed by atoms with Crippen LogP contribution in [0.1, 0.15) is 13.3 Å². The lowest BCUT2D eigenvalue weighted by Crippen LogP contribution is -2.54. The van der Waals surface area contributed by atoms with Gasteiger partial charge in [0.15, 0.2) is 0 Å². The first kappa shape index (κ1) is 16.4. The van der Waals surface area contributed by atoms with Gasteiger partial charge in [-0.2, -0.15) is 5.26 Å². The third-order valence-corrected chi connectivity index (χ3v) is 3.22. The highest BCUT2D eigenvalue weighted by Crippen LogP contribution is 2.02. The van der Waals surface area contributed by atoms with Crippen LogP contribution in [0.25, 0.3) is 0 Å². The summed E-state index contributed by atoms with van der Waals surface area (Å²) in [5.41, 5.74) is 0. The van der Waals surface area contributed by atoms with Crippen molar-refractivity contribution < 1.29 is 9.59 Å². The molecule has 0 saturated carbocycles. The zero-order chi connectivity index (χ0) is 15.0. The average Bonchev–Trinajstić information content (AvgIpc) is 2.45. The van der Waals surface area contributed by atoms with Gasteiger partial charge in [0.1, 0.15) is 6.04 Å². The quantitative estimate of drug-likeness (QED) is 0.636. The first-order chi connectivity index (χ1) is 9.58. The topological polar surface area (TPSA) is 88.5 Å². The number of nitrogens with one attached hydrogen (secondary N) is 2. The Kier molecular flexibility index (Phi) is 6.98. The molecule has 2 amide bonds. The predicted molar refractivity (Wildman–Crippen MR) is 74.8 cm³/mol. The third kappa shape index (κ3) is 5.15. The van der Waals surface area contributed by atoms with Gasteiger partial charge >= 0.3 is 0 Å². The van der Waals surface area contributed by atoms with E-state index in [9.17, 15) is 9.59 Å². The largest absolute Gasteiger partial charge is 0.355 e. The van der Waals surface area contributed by atoms with Crippen LogP contribution in [0.5, 0.6) is 0 Å². The molecule has 1 aliphatic rings. The van der Waals surface area contributed by atoms with Gasteiger partial charge in [-0.25, -0.2) is 0 Å². The minimum Gasteiger partial charge on any atom is -0.355 e. The van der Waals surface area contributed by atoms with E-state index in [-0.39, 0.29) is 30.9 Å². The summed E-state index contributed by atoms with van der Waals surface area (Å²) in [7, 11) is 1.61. The van der Waals surface area contributed by atoms with E-state index in [2.05, 4.69) is 16.7 Å². The summed E-state index contributed by atoms with van der Waals surface area (Å²) < 4.78 is 0. The smallest absolute Gasteiger partial charge is 0.239 e. The second kappa shape index (κ2) is 8.51. The number of hydrogen-bond donors (Lipinski definition) is 2. The van der Waals surface area contributed by atoms with Gasteiger partial charge in [-0.1, -0.05) is 6.92 Å². The number of hydrogen-bond acceptors (Lipinski definition) is 5. The number of nitrogens with zero attached hydrogens (tertiary/aromatic N) is 3. The van der Waals surface area contributed by atoms with Crippen LogP contribution in [0, 0.1) is 11.3 Å². The predicted octanol–water partition coefficient (Wildman–Crippen LogP) is -1.23. The second-order valence-corrected chi connectivity index (χ2v) is 4.92. The van der Waals surface area contributed by atoms with E-state index in [1.807, 2.05) is 11.8 Å². The Morgan fingerprint density at radius 3 is 2.95 bits per heavy atom. The molecule has 0 aromatic carbocycles. The normalized spacial score (nSPS) is 19.1. The minimum absolute atomic E-state index is 0.0577. The van der Waals surface area contributed by atoms with Crippen LogP contribution < -0.4 is 10.6 Å². The van der Waals surface area contributed by atoms with E-state index in [0.717, 1.165) is 13.0 Å². The van der Waals surface area contributed by atoms with E-state index < -0.39 is 0 Å². The van der Waals surface area contributed by atoms with E-state index >= 15 is 0 Å². The van der Waals surface area contributed by atoms with Gasteiger partial charge in [0.05, 0.1) is 19.2 Å². The van der Waals surface area contributed by atoms with Crippen LogP contribution in [0.2, 0.25) is 0 Å². The molecule has 1 rings (SSSR count). The molecule has 7 nitrogen and oxygen atoms in total. The highest BCUT2D eigenvalue weighted by molar-refractivity contribution is 5.85. The number of nitriles is 1. The molecule has 1 aliphatic heterocycles. The lowest BCUT2D eigenvalue weighted by Gasteiger charge is -2.32. The van der Waals surface area contributed by atoms with Crippen LogP contribution in [0.15, 0.2) is 0 Å². The van der Waals surface area contributed by atoms with Crippen LogP contribution in [0.4, 0.5) is 0 Å². The molecule has 7 heteroatoms. The summed E-state index contributed by atoms with van der Waals surface area (Å²) in [5, 5.41) is 14.9. The molecule has 1 saturated heterocycles. The van der Waals surface area contributed by atoms with Crippen molar-refractivity contribution in [2.75, 3.05) is 46.3 Å². The summed E-state index contributed by atoms with van der Waals surface area (Å²) in [6.45, 7) is 4.84. The monoisotopic (exact) mass is 281 g/mol. The van der Waals surface area contributed by atoms with Crippen LogP contribution in [-0.4, -0.2) is 74.0 Å². The van der Waals surface area contributed by atoms with Crippen LogP contribution >= 0.6 is 0 Å². The van der Waals surface area contributed by atoms with Crippen LogP contribution in [0.3, 0.4) is 0 Å². The molecule has 0 aliphatic carbocycles. The Bertz CT molecular complexity index is 379. The Balaban J connectivity index is 2.40. The molecular formula is C13H23N5O2. The van der Waals surface area contributed by atoms with Gasteiger partial charge in [0, 0.05) is 33.2 Å². The summed E-state index contributed by atoms with van der Waals surface area (Å²) in [5.74, 6) is -0.293. The Morgan fingerprint density at radius 1 is 1.55 bits per heavy atom. The molecule has 2 N–H and O–H groups in total. The van der Waals surface area contributed by atoms with E-state index in [4.69, 9.17) is 5.26 Å². The van der Waals surface area contributed by atoms with E-state index in [1.165, 1.54) is 4.90 Å². The summed E-state index contributed by atoms with van der Waals surface area (Å²) >= 11 is 0. The fourth-order valence-corrected chi connectivity index (χ4v) is 1.98. The van der Waals surface area contributed by atoms with E-state index in [1.54, 1.807) is 7.05 Å². The Morgan fingerprint density at radius 2 is 2.30 bits per heavy atom. The van der Waals surface area contributed by atoms with Gasteiger partial charge in [0.2, 0.25) is 11.8 Å². The van der Waals surface area contributed by atoms with Crippen molar-refractivity contribution in [1.29, 1.82) is 5.26 Å². The molecule has 0 aromatic rings. The number of amides is 2. The molecule has 0 aromatic heterocycles. The second-order valence-electron chi connectivity index (χ2n) is 4.92. The molecular weight excluding hydrogens is 258 g/mol. The SMILES string of the molecule is CCCNC(=O)CN(C)C(=O)CN1CCNCC1C#N. The van der Waals surface area contributed by atoms with Crippen molar-refractivity contribution in [1.82, 2.24) is 20.4 Å². The maximum Gasteiger partial charge on any atom is 0.239 e. The Hall–Kier alpha value is -1.65. The number of carbonyl (C=O) groups excluding carboxylic acids is 2. The van der Waals surface area contributed by atoms with Gasteiger partial charge in [0.25, 0.3) is 0 Å². The zero-order valence-electron chi connectivity index (χ0n) is 12.2. The number of piperazine rings is 1. The summed E-state index contributed by atoms with van der Waals surface area (Å²) in [6.07, 6.45) is 0.869. The molecule has 1 atom stereocenters. The highest BCUT2D eigenvalue weighted by atomic mass is 16.2. The van der Waals surface area contributed by atoms with Gasteiger partial charge < -0.3 is 15.5 Å². The number of rotatable bonds is 6. The Labute approximate surface area is 119 Å². The maximum absolute atomic E-state index is 12.1. The van der Waals surface area contributed by atoms with Crippen molar-refractivity contribution in [2.24, 2.45) is 0 Å². The average molecular weight is 281 g/mol. The number of carbonyl (C=O) groups is 2. The molecule has 20 heavy (non-hydrogen) atoms.